The first-order chi connectivity index (χ1) is 3.31. The van der Waals surface area contributed by atoms with Crippen LogP contribution >= 0.6 is 0 Å². The maximum atomic E-state index is 8.72. The number of hydrogen-bond donors (Lipinski definition) is 3. The van der Waals surface area contributed by atoms with Gasteiger partial charge >= 0.3 is 0 Å². The lowest BCUT2D eigenvalue weighted by Crippen LogP contribution is -2.31. The summed E-state index contributed by atoms with van der Waals surface area (Å²) in [6, 6.07) is 0. The smallest absolute Gasteiger partial charge is 0.0675 e. The summed E-state index contributed by atoms with van der Waals surface area (Å²) in [4.78, 5) is 0. The van der Waals surface area contributed by atoms with Crippen molar-refractivity contribution in [3.05, 3.63) is 0 Å². The van der Waals surface area contributed by atoms with Crippen LogP contribution in [-0.4, -0.2) is 17.8 Å². The van der Waals surface area contributed by atoms with Crippen LogP contribution in [0.3, 0.4) is 0 Å². The van der Waals surface area contributed by atoms with Crippen molar-refractivity contribution in [2.45, 2.75) is 19.4 Å². The molecule has 4 N–H and O–H groups in total. The van der Waals surface area contributed by atoms with E-state index in [4.69, 9.17) is 10.9 Å². The van der Waals surface area contributed by atoms with Crippen LogP contribution in [-0.2, 0) is 0 Å². The van der Waals surface area contributed by atoms with Crippen LogP contribution in [0.15, 0.2) is 0 Å². The predicted octanol–water partition coefficient (Wildman–Crippen LogP) is -0.779. The SMILES string of the molecule is CC[C@@H](O)CNN. The second kappa shape index (κ2) is 4.05. The number of hydrazine groups is 1. The standard InChI is InChI=1S/C4H12N2O/c1-2-4(7)3-6-5/h4,6-7H,2-3,5H2,1H3/t4-/m1/s1. The van der Waals surface area contributed by atoms with E-state index in [1.165, 1.54) is 0 Å². The van der Waals surface area contributed by atoms with Crippen LogP contribution in [0.2, 0.25) is 0 Å². The normalized spacial score (nSPS) is 14.1. The average Bonchev–Trinajstić information content (AvgIpc) is 1.68. The van der Waals surface area contributed by atoms with E-state index in [0.717, 1.165) is 6.42 Å². The minimum Gasteiger partial charge on any atom is -0.392 e. The molecule has 0 rings (SSSR count). The van der Waals surface area contributed by atoms with Crippen LogP contribution in [0, 0.1) is 0 Å². The highest BCUT2D eigenvalue weighted by atomic mass is 16.3. The molecule has 0 radical (unpaired) electrons. The number of aliphatic hydroxyl groups is 1. The summed E-state index contributed by atoms with van der Waals surface area (Å²) in [5.41, 5.74) is 2.37. The third-order valence-corrected chi connectivity index (χ3v) is 0.825. The molecule has 0 aliphatic heterocycles. The molecule has 0 fully saturated rings. The summed E-state index contributed by atoms with van der Waals surface area (Å²) in [7, 11) is 0. The Labute approximate surface area is 43.5 Å². The molecule has 0 bridgehead atoms. The molecular weight excluding hydrogens is 92.1 g/mol. The summed E-state index contributed by atoms with van der Waals surface area (Å²) in [5.74, 6) is 4.89. The number of hydrogen-bond acceptors (Lipinski definition) is 3. The van der Waals surface area contributed by atoms with Crippen LogP contribution in [0.25, 0.3) is 0 Å². The zero-order chi connectivity index (χ0) is 5.70. The molecule has 0 aliphatic rings. The first-order valence-electron chi connectivity index (χ1n) is 2.42. The molecule has 0 spiro atoms. The van der Waals surface area contributed by atoms with E-state index in [1.54, 1.807) is 0 Å². The van der Waals surface area contributed by atoms with Gasteiger partial charge in [0, 0.05) is 6.54 Å². The molecule has 0 aliphatic carbocycles. The minimum absolute atomic E-state index is 0.287. The van der Waals surface area contributed by atoms with Crippen molar-refractivity contribution in [2.24, 2.45) is 5.84 Å². The van der Waals surface area contributed by atoms with E-state index in [-0.39, 0.29) is 6.10 Å². The van der Waals surface area contributed by atoms with Gasteiger partial charge in [-0.1, -0.05) is 6.92 Å². The first-order valence-corrected chi connectivity index (χ1v) is 2.42. The van der Waals surface area contributed by atoms with Gasteiger partial charge in [-0.3, -0.25) is 11.3 Å². The van der Waals surface area contributed by atoms with Crippen LogP contribution in [0.1, 0.15) is 13.3 Å². The fourth-order valence-electron chi connectivity index (χ4n) is 0.280. The molecule has 0 aromatic rings. The van der Waals surface area contributed by atoms with E-state index < -0.39 is 0 Å². The van der Waals surface area contributed by atoms with E-state index in [1.807, 2.05) is 6.92 Å². The fourth-order valence-corrected chi connectivity index (χ4v) is 0.280. The van der Waals surface area contributed by atoms with Crippen LogP contribution in [0.5, 0.6) is 0 Å². The van der Waals surface area contributed by atoms with E-state index in [9.17, 15) is 0 Å². The Hall–Kier alpha value is -0.120. The Balaban J connectivity index is 2.83. The molecule has 0 saturated heterocycles. The lowest BCUT2D eigenvalue weighted by molar-refractivity contribution is 0.168. The van der Waals surface area contributed by atoms with Crippen molar-refractivity contribution in [3.8, 4) is 0 Å². The third kappa shape index (κ3) is 3.72. The zero-order valence-electron chi connectivity index (χ0n) is 4.52. The molecule has 0 aromatic heterocycles. The van der Waals surface area contributed by atoms with Gasteiger partial charge in [0.2, 0.25) is 0 Å². The first kappa shape index (κ1) is 6.88. The summed E-state index contributed by atoms with van der Waals surface area (Å²) in [5, 5.41) is 8.72. The molecule has 0 aromatic carbocycles. The highest BCUT2D eigenvalue weighted by molar-refractivity contribution is 4.50. The average molecular weight is 104 g/mol. The monoisotopic (exact) mass is 104 g/mol. The fraction of sp³-hybridized carbons (Fsp3) is 1.00. The van der Waals surface area contributed by atoms with E-state index in [2.05, 4.69) is 5.43 Å². The van der Waals surface area contributed by atoms with Gasteiger partial charge in [-0.2, -0.15) is 0 Å². The second-order valence-electron chi connectivity index (χ2n) is 1.47. The molecule has 0 saturated carbocycles. The van der Waals surface area contributed by atoms with Crippen molar-refractivity contribution in [2.75, 3.05) is 6.54 Å². The maximum Gasteiger partial charge on any atom is 0.0675 e. The lowest BCUT2D eigenvalue weighted by Gasteiger charge is -2.03. The van der Waals surface area contributed by atoms with E-state index in [0.29, 0.717) is 6.54 Å². The Morgan fingerprint density at radius 1 is 1.86 bits per heavy atom. The molecule has 0 heterocycles. The number of aliphatic hydroxyl groups excluding tert-OH is 1. The number of nitrogens with two attached hydrogens (primary N) is 1. The Morgan fingerprint density at radius 3 is 2.57 bits per heavy atom. The highest BCUT2D eigenvalue weighted by Gasteiger charge is 1.94. The Bertz CT molecular complexity index is 40.7. The molecular formula is C4H12N2O. The van der Waals surface area contributed by atoms with Gasteiger partial charge in [0.05, 0.1) is 6.10 Å². The lowest BCUT2D eigenvalue weighted by atomic mass is 10.3. The van der Waals surface area contributed by atoms with Gasteiger partial charge in [-0.15, -0.1) is 0 Å². The summed E-state index contributed by atoms with van der Waals surface area (Å²) in [6.07, 6.45) is 0.467. The number of rotatable bonds is 3. The zero-order valence-corrected chi connectivity index (χ0v) is 4.52. The Kier molecular flexibility index (Phi) is 3.98. The number of nitrogens with one attached hydrogen (secondary N) is 1. The predicted molar refractivity (Wildman–Crippen MR) is 28.5 cm³/mol. The largest absolute Gasteiger partial charge is 0.392 e. The van der Waals surface area contributed by atoms with Crippen molar-refractivity contribution >= 4 is 0 Å². The highest BCUT2D eigenvalue weighted by Crippen LogP contribution is 1.83. The quantitative estimate of drug-likeness (QED) is 0.325. The van der Waals surface area contributed by atoms with Gasteiger partial charge in [-0.25, -0.2) is 0 Å². The van der Waals surface area contributed by atoms with Gasteiger partial charge in [-0.05, 0) is 6.42 Å². The molecule has 3 heteroatoms. The van der Waals surface area contributed by atoms with E-state index >= 15 is 0 Å². The van der Waals surface area contributed by atoms with Crippen molar-refractivity contribution in [3.63, 3.8) is 0 Å². The summed E-state index contributed by atoms with van der Waals surface area (Å²) in [6.45, 7) is 2.39. The maximum absolute atomic E-state index is 8.72. The molecule has 44 valence electrons. The van der Waals surface area contributed by atoms with Crippen molar-refractivity contribution in [1.82, 2.24) is 5.43 Å². The van der Waals surface area contributed by atoms with Crippen molar-refractivity contribution < 1.29 is 5.11 Å². The summed E-state index contributed by atoms with van der Waals surface area (Å²) >= 11 is 0. The van der Waals surface area contributed by atoms with Crippen LogP contribution in [0.4, 0.5) is 0 Å². The topological polar surface area (TPSA) is 58.3 Å². The molecule has 3 nitrogen and oxygen atoms in total. The van der Waals surface area contributed by atoms with Crippen LogP contribution < -0.4 is 11.3 Å². The van der Waals surface area contributed by atoms with Gasteiger partial charge in [0.15, 0.2) is 0 Å². The summed E-state index contributed by atoms with van der Waals surface area (Å²) < 4.78 is 0. The molecule has 0 amide bonds. The Morgan fingerprint density at radius 2 is 2.43 bits per heavy atom. The van der Waals surface area contributed by atoms with Gasteiger partial charge in [0.1, 0.15) is 0 Å². The molecule has 7 heavy (non-hydrogen) atoms. The molecule has 1 atom stereocenters. The molecule has 0 unspecified atom stereocenters. The second-order valence-corrected chi connectivity index (χ2v) is 1.47. The minimum atomic E-state index is -0.287. The van der Waals surface area contributed by atoms with Gasteiger partial charge in [0.25, 0.3) is 0 Å². The van der Waals surface area contributed by atoms with Crippen molar-refractivity contribution in [1.29, 1.82) is 0 Å². The third-order valence-electron chi connectivity index (χ3n) is 0.825. The van der Waals surface area contributed by atoms with Gasteiger partial charge < -0.3 is 5.11 Å².